The normalized spacial score (nSPS) is 26.9. The molecule has 14 heavy (non-hydrogen) atoms. The molecule has 1 saturated heterocycles. The molecule has 2 rings (SSSR count). The van der Waals surface area contributed by atoms with E-state index in [1.54, 1.807) is 17.2 Å². The van der Waals surface area contributed by atoms with Gasteiger partial charge in [0.05, 0.1) is 0 Å². The van der Waals surface area contributed by atoms with Crippen molar-refractivity contribution in [3.63, 3.8) is 0 Å². The number of nitrogens with zero attached hydrogens (tertiary/aromatic N) is 2. The van der Waals surface area contributed by atoms with Gasteiger partial charge in [0.1, 0.15) is 5.69 Å². The number of nitrogens with two attached hydrogens (primary N) is 1. The summed E-state index contributed by atoms with van der Waals surface area (Å²) in [5, 5.41) is 6.41. The Morgan fingerprint density at radius 3 is 3.00 bits per heavy atom. The predicted molar refractivity (Wildman–Crippen MR) is 51.6 cm³/mol. The Morgan fingerprint density at radius 2 is 2.50 bits per heavy atom. The number of rotatable bonds is 1. The van der Waals surface area contributed by atoms with E-state index in [0.29, 0.717) is 18.2 Å². The zero-order valence-electron chi connectivity index (χ0n) is 8.10. The summed E-state index contributed by atoms with van der Waals surface area (Å²) in [6.45, 7) is 3.43. The van der Waals surface area contributed by atoms with Crippen molar-refractivity contribution in [3.05, 3.63) is 18.0 Å². The van der Waals surface area contributed by atoms with Gasteiger partial charge in [-0.15, -0.1) is 0 Å². The Kier molecular flexibility index (Phi) is 2.25. The van der Waals surface area contributed by atoms with E-state index in [9.17, 15) is 4.79 Å². The van der Waals surface area contributed by atoms with Gasteiger partial charge in [-0.1, -0.05) is 6.92 Å². The molecule has 2 unspecified atom stereocenters. The van der Waals surface area contributed by atoms with Gasteiger partial charge in [-0.3, -0.25) is 9.89 Å². The van der Waals surface area contributed by atoms with E-state index in [0.717, 1.165) is 6.54 Å². The summed E-state index contributed by atoms with van der Waals surface area (Å²) in [6.07, 6.45) is 1.58. The third-order valence-corrected chi connectivity index (χ3v) is 2.69. The number of nitrogens with one attached hydrogen (secondary N) is 1. The maximum absolute atomic E-state index is 11.8. The van der Waals surface area contributed by atoms with Gasteiger partial charge in [0.25, 0.3) is 5.91 Å². The van der Waals surface area contributed by atoms with Gasteiger partial charge in [0.2, 0.25) is 0 Å². The van der Waals surface area contributed by atoms with Crippen LogP contribution in [-0.2, 0) is 0 Å². The van der Waals surface area contributed by atoms with Crippen LogP contribution in [0.5, 0.6) is 0 Å². The Hall–Kier alpha value is -1.36. The number of carbonyl (C=O) groups excluding carboxylic acids is 1. The molecular weight excluding hydrogens is 180 g/mol. The monoisotopic (exact) mass is 194 g/mol. The predicted octanol–water partition coefficient (Wildman–Crippen LogP) is -0.171. The van der Waals surface area contributed by atoms with E-state index in [1.165, 1.54) is 0 Å². The molecule has 1 amide bonds. The van der Waals surface area contributed by atoms with Crippen LogP contribution in [0.4, 0.5) is 0 Å². The summed E-state index contributed by atoms with van der Waals surface area (Å²) in [5.41, 5.74) is 6.37. The molecule has 1 aromatic rings. The highest BCUT2D eigenvalue weighted by molar-refractivity contribution is 5.92. The molecule has 2 atom stereocenters. The van der Waals surface area contributed by atoms with Crippen LogP contribution < -0.4 is 5.73 Å². The standard InChI is InChI=1S/C9H14N4O/c1-6-4-13(5-7(6)10)9(14)8-2-3-11-12-8/h2-3,6-7H,4-5,10H2,1H3,(H,11,12). The SMILES string of the molecule is CC1CN(C(=O)c2ccn[nH]2)CC1N. The van der Waals surface area contributed by atoms with E-state index in [2.05, 4.69) is 17.1 Å². The average Bonchev–Trinajstić information content (AvgIpc) is 2.76. The maximum atomic E-state index is 11.8. The lowest BCUT2D eigenvalue weighted by Crippen LogP contribution is -2.32. The molecule has 0 radical (unpaired) electrons. The van der Waals surface area contributed by atoms with Gasteiger partial charge < -0.3 is 10.6 Å². The first kappa shape index (κ1) is 9.21. The van der Waals surface area contributed by atoms with E-state index >= 15 is 0 Å². The van der Waals surface area contributed by atoms with Gasteiger partial charge in [0, 0.05) is 25.3 Å². The largest absolute Gasteiger partial charge is 0.335 e. The zero-order valence-corrected chi connectivity index (χ0v) is 8.10. The minimum Gasteiger partial charge on any atom is -0.335 e. The fourth-order valence-corrected chi connectivity index (χ4v) is 1.70. The van der Waals surface area contributed by atoms with Gasteiger partial charge >= 0.3 is 0 Å². The van der Waals surface area contributed by atoms with Crippen molar-refractivity contribution in [1.82, 2.24) is 15.1 Å². The smallest absolute Gasteiger partial charge is 0.271 e. The topological polar surface area (TPSA) is 75.0 Å². The number of hydrogen-bond acceptors (Lipinski definition) is 3. The number of H-pyrrole nitrogens is 1. The van der Waals surface area contributed by atoms with Crippen molar-refractivity contribution in [3.8, 4) is 0 Å². The molecule has 5 heteroatoms. The van der Waals surface area contributed by atoms with E-state index in [-0.39, 0.29) is 11.9 Å². The number of hydrogen-bond donors (Lipinski definition) is 2. The third kappa shape index (κ3) is 1.50. The summed E-state index contributed by atoms with van der Waals surface area (Å²) in [4.78, 5) is 13.6. The molecule has 2 heterocycles. The fourth-order valence-electron chi connectivity index (χ4n) is 1.70. The lowest BCUT2D eigenvalue weighted by Gasteiger charge is -2.13. The third-order valence-electron chi connectivity index (χ3n) is 2.69. The Morgan fingerprint density at radius 1 is 1.71 bits per heavy atom. The molecule has 0 bridgehead atoms. The molecule has 1 aliphatic rings. The number of aromatic nitrogens is 2. The molecule has 1 fully saturated rings. The fraction of sp³-hybridized carbons (Fsp3) is 0.556. The lowest BCUT2D eigenvalue weighted by molar-refractivity contribution is 0.0781. The van der Waals surface area contributed by atoms with Gasteiger partial charge in [-0.25, -0.2) is 0 Å². The lowest BCUT2D eigenvalue weighted by atomic mass is 10.1. The highest BCUT2D eigenvalue weighted by Crippen LogP contribution is 2.16. The van der Waals surface area contributed by atoms with Crippen LogP contribution >= 0.6 is 0 Å². The first-order chi connectivity index (χ1) is 6.68. The highest BCUT2D eigenvalue weighted by atomic mass is 16.2. The molecule has 0 saturated carbocycles. The number of likely N-dealkylation sites (tertiary alicyclic amines) is 1. The summed E-state index contributed by atoms with van der Waals surface area (Å²) in [5.74, 6) is 0.365. The first-order valence-electron chi connectivity index (χ1n) is 4.72. The first-order valence-corrected chi connectivity index (χ1v) is 4.72. The molecule has 0 spiro atoms. The minimum absolute atomic E-state index is 0.0118. The van der Waals surface area contributed by atoms with Crippen LogP contribution in [0.25, 0.3) is 0 Å². The number of amides is 1. The maximum Gasteiger partial charge on any atom is 0.271 e. The van der Waals surface area contributed by atoms with Crippen molar-refractivity contribution in [2.45, 2.75) is 13.0 Å². The molecule has 0 aromatic carbocycles. The second-order valence-electron chi connectivity index (χ2n) is 3.82. The van der Waals surface area contributed by atoms with Crippen LogP contribution in [0.15, 0.2) is 12.3 Å². The zero-order chi connectivity index (χ0) is 10.1. The number of aromatic amines is 1. The molecular formula is C9H14N4O. The van der Waals surface area contributed by atoms with Crippen LogP contribution in [0.3, 0.4) is 0 Å². The van der Waals surface area contributed by atoms with Crippen LogP contribution in [-0.4, -0.2) is 40.1 Å². The van der Waals surface area contributed by atoms with Crippen LogP contribution in [0.1, 0.15) is 17.4 Å². The van der Waals surface area contributed by atoms with Gasteiger partial charge in [-0.05, 0) is 12.0 Å². The average molecular weight is 194 g/mol. The quantitative estimate of drug-likeness (QED) is 0.651. The van der Waals surface area contributed by atoms with E-state index in [1.807, 2.05) is 0 Å². The van der Waals surface area contributed by atoms with Gasteiger partial charge in [0.15, 0.2) is 0 Å². The summed E-state index contributed by atoms with van der Waals surface area (Å²) in [7, 11) is 0. The molecule has 0 aliphatic carbocycles. The second kappa shape index (κ2) is 3.42. The highest BCUT2D eigenvalue weighted by Gasteiger charge is 2.30. The number of carbonyl (C=O) groups is 1. The summed E-state index contributed by atoms with van der Waals surface area (Å²) >= 11 is 0. The van der Waals surface area contributed by atoms with Crippen molar-refractivity contribution >= 4 is 5.91 Å². The van der Waals surface area contributed by atoms with Crippen molar-refractivity contribution in [2.75, 3.05) is 13.1 Å². The Balaban J connectivity index is 2.07. The molecule has 76 valence electrons. The van der Waals surface area contributed by atoms with Crippen molar-refractivity contribution in [1.29, 1.82) is 0 Å². The summed E-state index contributed by atoms with van der Waals surface area (Å²) in [6, 6.07) is 1.78. The minimum atomic E-state index is -0.0118. The van der Waals surface area contributed by atoms with Crippen molar-refractivity contribution < 1.29 is 4.79 Å². The molecule has 1 aliphatic heterocycles. The molecule has 5 nitrogen and oxygen atoms in total. The molecule has 1 aromatic heterocycles. The van der Waals surface area contributed by atoms with E-state index in [4.69, 9.17) is 5.73 Å². The van der Waals surface area contributed by atoms with Crippen molar-refractivity contribution in [2.24, 2.45) is 11.7 Å². The molecule has 3 N–H and O–H groups in total. The Labute approximate surface area is 82.3 Å². The van der Waals surface area contributed by atoms with Crippen LogP contribution in [0, 0.1) is 5.92 Å². The second-order valence-corrected chi connectivity index (χ2v) is 3.82. The Bertz CT molecular complexity index is 312. The van der Waals surface area contributed by atoms with E-state index < -0.39 is 0 Å². The van der Waals surface area contributed by atoms with Crippen LogP contribution in [0.2, 0.25) is 0 Å². The summed E-state index contributed by atoms with van der Waals surface area (Å²) < 4.78 is 0. The van der Waals surface area contributed by atoms with Gasteiger partial charge in [-0.2, -0.15) is 5.10 Å².